The summed E-state index contributed by atoms with van der Waals surface area (Å²) in [6.07, 6.45) is 7.87. The molecule has 0 aliphatic heterocycles. The Morgan fingerprint density at radius 3 is 1.38 bits per heavy atom. The molecule has 26 heavy (non-hydrogen) atoms. The van der Waals surface area contributed by atoms with Gasteiger partial charge < -0.3 is 24.0 Å². The second-order valence-electron chi connectivity index (χ2n) is 5.70. The molecule has 1 heterocycles. The first-order valence-electron chi connectivity index (χ1n) is 7.98. The fraction of sp³-hybridized carbons (Fsp3) is 0.0455. The van der Waals surface area contributed by atoms with Crippen molar-refractivity contribution >= 4 is 24.3 Å². The van der Waals surface area contributed by atoms with Crippen LogP contribution in [-0.4, -0.2) is 0 Å². The van der Waals surface area contributed by atoms with Gasteiger partial charge >= 0.3 is 0 Å². The second-order valence-corrected chi connectivity index (χ2v) is 5.70. The monoisotopic (exact) mass is 461 g/mol. The molecule has 0 atom stereocenters. The summed E-state index contributed by atoms with van der Waals surface area (Å²) < 4.78 is 28.0. The van der Waals surface area contributed by atoms with E-state index >= 15 is 0 Å². The molecule has 0 bridgehead atoms. The zero-order chi connectivity index (χ0) is 17.6. The fourth-order valence-corrected chi connectivity index (χ4v) is 2.46. The molecule has 0 fully saturated rings. The highest BCUT2D eigenvalue weighted by Crippen LogP contribution is 2.10. The average Bonchev–Trinajstić information content (AvgIpc) is 2.62. The van der Waals surface area contributed by atoms with E-state index in [1.807, 2.05) is 49.6 Å². The zero-order valence-electron chi connectivity index (χ0n) is 14.2. The normalized spacial score (nSPS) is 11.0. The van der Waals surface area contributed by atoms with Crippen molar-refractivity contribution in [2.75, 3.05) is 0 Å². The van der Waals surface area contributed by atoms with Crippen molar-refractivity contribution in [1.29, 1.82) is 0 Å². The Balaban J connectivity index is 0.00000243. The van der Waals surface area contributed by atoms with Gasteiger partial charge in [0.2, 0.25) is 11.4 Å². The predicted octanol–water partition coefficient (Wildman–Crippen LogP) is 2.13. The van der Waals surface area contributed by atoms with Gasteiger partial charge in [0.05, 0.1) is 0 Å². The van der Waals surface area contributed by atoms with Gasteiger partial charge in [0.1, 0.15) is 18.7 Å². The molecule has 1 nitrogen and oxygen atoms in total. The Labute approximate surface area is 169 Å². The van der Waals surface area contributed by atoms with Crippen LogP contribution in [0.3, 0.4) is 0 Å². The maximum absolute atomic E-state index is 13.0. The summed E-state index contributed by atoms with van der Waals surface area (Å²) >= 11 is 0. The number of aromatic nitrogens is 1. The maximum Gasteiger partial charge on any atom is 0.205 e. The molecular formula is C22H18F2IN. The zero-order valence-corrected chi connectivity index (χ0v) is 16.4. The molecule has 1 aromatic heterocycles. The largest absolute Gasteiger partial charge is 1.00 e. The van der Waals surface area contributed by atoms with Crippen LogP contribution < -0.4 is 28.5 Å². The van der Waals surface area contributed by atoms with Crippen LogP contribution in [0.1, 0.15) is 22.5 Å². The van der Waals surface area contributed by atoms with E-state index in [1.54, 1.807) is 24.3 Å². The smallest absolute Gasteiger partial charge is 0.205 e. The summed E-state index contributed by atoms with van der Waals surface area (Å²) in [5.74, 6) is -0.480. The third-order valence-electron chi connectivity index (χ3n) is 3.94. The van der Waals surface area contributed by atoms with E-state index in [2.05, 4.69) is 4.57 Å². The summed E-state index contributed by atoms with van der Waals surface area (Å²) in [7, 11) is 1.98. The molecule has 132 valence electrons. The number of hydrogen-bond donors (Lipinski definition) is 0. The second kappa shape index (κ2) is 9.38. The molecular weight excluding hydrogens is 443 g/mol. The molecule has 0 radical (unpaired) electrons. The molecule has 2 aromatic carbocycles. The molecule has 0 aliphatic carbocycles. The predicted molar refractivity (Wildman–Crippen MR) is 98.3 cm³/mol. The first-order chi connectivity index (χ1) is 12.1. The number of rotatable bonds is 4. The summed E-state index contributed by atoms with van der Waals surface area (Å²) in [6, 6.07) is 18.7. The summed E-state index contributed by atoms with van der Waals surface area (Å²) in [5.41, 5.74) is 3.92. The van der Waals surface area contributed by atoms with Gasteiger partial charge in [-0.15, -0.1) is 0 Å². The van der Waals surface area contributed by atoms with Crippen molar-refractivity contribution in [3.63, 3.8) is 0 Å². The van der Waals surface area contributed by atoms with Crippen molar-refractivity contribution in [3.8, 4) is 0 Å². The lowest BCUT2D eigenvalue weighted by atomic mass is 10.1. The molecule has 3 rings (SSSR count). The Morgan fingerprint density at radius 1 is 0.615 bits per heavy atom. The summed E-state index contributed by atoms with van der Waals surface area (Å²) in [6.45, 7) is 0. The Morgan fingerprint density at radius 2 is 1.00 bits per heavy atom. The number of benzene rings is 2. The van der Waals surface area contributed by atoms with Gasteiger partial charge in [-0.3, -0.25) is 0 Å². The summed E-state index contributed by atoms with van der Waals surface area (Å²) in [5, 5.41) is 0. The van der Waals surface area contributed by atoms with Crippen LogP contribution in [0, 0.1) is 11.6 Å². The van der Waals surface area contributed by atoms with E-state index in [0.29, 0.717) is 0 Å². The van der Waals surface area contributed by atoms with Crippen molar-refractivity contribution < 1.29 is 37.3 Å². The highest BCUT2D eigenvalue weighted by atomic mass is 127. The van der Waals surface area contributed by atoms with Gasteiger partial charge in [0, 0.05) is 24.3 Å². The third kappa shape index (κ3) is 5.33. The van der Waals surface area contributed by atoms with Crippen molar-refractivity contribution in [2.45, 2.75) is 0 Å². The number of hydrogen-bond acceptors (Lipinski definition) is 0. The van der Waals surface area contributed by atoms with Gasteiger partial charge in [-0.1, -0.05) is 24.3 Å². The van der Waals surface area contributed by atoms with E-state index in [9.17, 15) is 8.78 Å². The standard InChI is InChI=1S/C22H18F2N.HI/c1-25-21(15-9-17-5-11-19(23)12-6-17)3-2-4-22(25)16-10-18-7-13-20(24)14-8-18;/h2-16H,1H3;1H/q+1;/p-1. The van der Waals surface area contributed by atoms with Crippen LogP contribution in [0.15, 0.2) is 66.7 Å². The average molecular weight is 461 g/mol. The maximum atomic E-state index is 13.0. The third-order valence-corrected chi connectivity index (χ3v) is 3.94. The SMILES string of the molecule is C[n+]1c(C=Cc2ccc(F)cc2)cccc1C=Cc1ccc(F)cc1.[I-]. The minimum absolute atomic E-state index is 0. The number of nitrogens with zero attached hydrogens (tertiary/aromatic N) is 1. The lowest BCUT2D eigenvalue weighted by molar-refractivity contribution is -0.675. The highest BCUT2D eigenvalue weighted by Gasteiger charge is 2.07. The highest BCUT2D eigenvalue weighted by molar-refractivity contribution is 5.69. The van der Waals surface area contributed by atoms with E-state index in [1.165, 1.54) is 24.3 Å². The molecule has 0 saturated carbocycles. The lowest BCUT2D eigenvalue weighted by Crippen LogP contribution is -3.00. The number of pyridine rings is 1. The topological polar surface area (TPSA) is 3.88 Å². The van der Waals surface area contributed by atoms with Crippen LogP contribution >= 0.6 is 0 Å². The quantitative estimate of drug-likeness (QED) is 0.414. The molecule has 0 amide bonds. The van der Waals surface area contributed by atoms with Crippen LogP contribution in [0.25, 0.3) is 24.3 Å². The fourth-order valence-electron chi connectivity index (χ4n) is 2.46. The van der Waals surface area contributed by atoms with Crippen LogP contribution in [0.4, 0.5) is 8.78 Å². The van der Waals surface area contributed by atoms with Crippen LogP contribution in [-0.2, 0) is 7.05 Å². The molecule has 0 unspecified atom stereocenters. The molecule has 3 aromatic rings. The van der Waals surface area contributed by atoms with Gasteiger partial charge in [-0.25, -0.2) is 8.78 Å². The minimum Gasteiger partial charge on any atom is -1.00 e. The lowest BCUT2D eigenvalue weighted by Gasteiger charge is -1.99. The summed E-state index contributed by atoms with van der Waals surface area (Å²) in [4.78, 5) is 0. The Bertz CT molecular complexity index is 840. The van der Waals surface area contributed by atoms with Crippen LogP contribution in [0.2, 0.25) is 0 Å². The first kappa shape index (κ1) is 20.0. The Kier molecular flexibility index (Phi) is 7.21. The molecule has 0 spiro atoms. The van der Waals surface area contributed by atoms with Gasteiger partial charge in [-0.05, 0) is 53.6 Å². The molecule has 4 heteroatoms. The van der Waals surface area contributed by atoms with E-state index in [-0.39, 0.29) is 35.6 Å². The van der Waals surface area contributed by atoms with E-state index in [0.717, 1.165) is 22.5 Å². The van der Waals surface area contributed by atoms with E-state index < -0.39 is 0 Å². The molecule has 0 saturated heterocycles. The number of halogens is 3. The molecule has 0 aliphatic rings. The van der Waals surface area contributed by atoms with Crippen molar-refractivity contribution in [3.05, 3.63) is 101 Å². The first-order valence-corrected chi connectivity index (χ1v) is 7.98. The van der Waals surface area contributed by atoms with Gasteiger partial charge in [0.25, 0.3) is 0 Å². The van der Waals surface area contributed by atoms with Crippen molar-refractivity contribution in [2.24, 2.45) is 7.05 Å². The van der Waals surface area contributed by atoms with Crippen molar-refractivity contribution in [1.82, 2.24) is 0 Å². The van der Waals surface area contributed by atoms with Crippen LogP contribution in [0.5, 0.6) is 0 Å². The Hall–Kier alpha value is -2.34. The molecule has 0 N–H and O–H groups in total. The van der Waals surface area contributed by atoms with Gasteiger partial charge in [0.15, 0.2) is 0 Å². The van der Waals surface area contributed by atoms with Gasteiger partial charge in [-0.2, -0.15) is 4.57 Å². The van der Waals surface area contributed by atoms with E-state index in [4.69, 9.17) is 0 Å². The minimum atomic E-state index is -0.240.